The van der Waals surface area contributed by atoms with Gasteiger partial charge in [-0.1, -0.05) is 19.8 Å². The molecule has 0 bridgehead atoms. The van der Waals surface area contributed by atoms with Gasteiger partial charge in [0.1, 0.15) is 0 Å². The van der Waals surface area contributed by atoms with E-state index in [0.717, 1.165) is 32.1 Å². The third-order valence-electron chi connectivity index (χ3n) is 2.84. The van der Waals surface area contributed by atoms with Gasteiger partial charge in [-0.2, -0.15) is 0 Å². The summed E-state index contributed by atoms with van der Waals surface area (Å²) in [6.07, 6.45) is 5.37. The standard InChI is InChI=1S/C9H19NO/c1-2-3-4-8(11)9(7-10)5-6-9/h8,11H,2-7,10H2,1H3/t8-/m1/s1. The van der Waals surface area contributed by atoms with Crippen molar-refractivity contribution in [2.75, 3.05) is 6.54 Å². The molecule has 0 aliphatic heterocycles. The monoisotopic (exact) mass is 157 g/mol. The summed E-state index contributed by atoms with van der Waals surface area (Å²) in [4.78, 5) is 0. The average molecular weight is 157 g/mol. The first-order valence-electron chi connectivity index (χ1n) is 4.63. The summed E-state index contributed by atoms with van der Waals surface area (Å²) in [7, 11) is 0. The minimum absolute atomic E-state index is 0.132. The van der Waals surface area contributed by atoms with E-state index < -0.39 is 0 Å². The van der Waals surface area contributed by atoms with E-state index in [2.05, 4.69) is 6.92 Å². The highest BCUT2D eigenvalue weighted by atomic mass is 16.3. The minimum Gasteiger partial charge on any atom is -0.393 e. The van der Waals surface area contributed by atoms with E-state index >= 15 is 0 Å². The highest BCUT2D eigenvalue weighted by Gasteiger charge is 2.46. The molecule has 1 aliphatic carbocycles. The van der Waals surface area contributed by atoms with Crippen molar-refractivity contribution in [3.8, 4) is 0 Å². The van der Waals surface area contributed by atoms with E-state index in [1.54, 1.807) is 0 Å². The Hall–Kier alpha value is -0.0800. The van der Waals surface area contributed by atoms with Gasteiger partial charge in [-0.15, -0.1) is 0 Å². The van der Waals surface area contributed by atoms with Crippen LogP contribution in [0.4, 0.5) is 0 Å². The lowest BCUT2D eigenvalue weighted by molar-refractivity contribution is 0.0864. The van der Waals surface area contributed by atoms with Gasteiger partial charge in [-0.25, -0.2) is 0 Å². The lowest BCUT2D eigenvalue weighted by Gasteiger charge is -2.19. The smallest absolute Gasteiger partial charge is 0.0608 e. The summed E-state index contributed by atoms with van der Waals surface area (Å²) in [6.45, 7) is 2.81. The Kier molecular flexibility index (Phi) is 2.90. The van der Waals surface area contributed by atoms with Gasteiger partial charge in [0.25, 0.3) is 0 Å². The molecule has 0 radical (unpaired) electrons. The van der Waals surface area contributed by atoms with Gasteiger partial charge in [0.2, 0.25) is 0 Å². The average Bonchev–Trinajstić information content (AvgIpc) is 2.80. The summed E-state index contributed by atoms with van der Waals surface area (Å²) >= 11 is 0. The van der Waals surface area contributed by atoms with Crippen molar-refractivity contribution in [1.29, 1.82) is 0 Å². The third-order valence-corrected chi connectivity index (χ3v) is 2.84. The molecule has 0 aromatic carbocycles. The van der Waals surface area contributed by atoms with E-state index in [1.807, 2.05) is 0 Å². The van der Waals surface area contributed by atoms with Crippen LogP contribution in [0, 0.1) is 5.41 Å². The normalized spacial score (nSPS) is 23.2. The fourth-order valence-corrected chi connectivity index (χ4v) is 1.54. The van der Waals surface area contributed by atoms with Gasteiger partial charge in [0.15, 0.2) is 0 Å². The SMILES string of the molecule is CCCC[C@@H](O)C1(CN)CC1. The van der Waals surface area contributed by atoms with Crippen LogP contribution in [0.15, 0.2) is 0 Å². The molecule has 11 heavy (non-hydrogen) atoms. The summed E-state index contributed by atoms with van der Waals surface area (Å²) in [5, 5.41) is 9.69. The largest absolute Gasteiger partial charge is 0.393 e. The van der Waals surface area contributed by atoms with E-state index in [0.29, 0.717) is 6.54 Å². The fraction of sp³-hybridized carbons (Fsp3) is 1.00. The van der Waals surface area contributed by atoms with Crippen molar-refractivity contribution in [2.45, 2.75) is 45.1 Å². The Balaban J connectivity index is 2.23. The van der Waals surface area contributed by atoms with Crippen LogP contribution in [-0.2, 0) is 0 Å². The third kappa shape index (κ3) is 1.94. The van der Waals surface area contributed by atoms with Gasteiger partial charge >= 0.3 is 0 Å². The number of aliphatic hydroxyl groups excluding tert-OH is 1. The Morgan fingerprint density at radius 1 is 1.55 bits per heavy atom. The summed E-state index contributed by atoms with van der Waals surface area (Å²) in [5.74, 6) is 0. The van der Waals surface area contributed by atoms with E-state index in [9.17, 15) is 5.11 Å². The maximum Gasteiger partial charge on any atom is 0.0608 e. The van der Waals surface area contributed by atoms with Gasteiger partial charge in [-0.05, 0) is 19.3 Å². The number of hydrogen-bond acceptors (Lipinski definition) is 2. The molecule has 66 valence electrons. The molecule has 1 fully saturated rings. The molecule has 1 aliphatic rings. The molecule has 3 N–H and O–H groups in total. The first-order valence-corrected chi connectivity index (χ1v) is 4.63. The summed E-state index contributed by atoms with van der Waals surface area (Å²) in [5.41, 5.74) is 5.72. The summed E-state index contributed by atoms with van der Waals surface area (Å²) < 4.78 is 0. The second kappa shape index (κ2) is 3.55. The number of aliphatic hydroxyl groups is 1. The first-order chi connectivity index (χ1) is 5.25. The van der Waals surface area contributed by atoms with Crippen LogP contribution >= 0.6 is 0 Å². The van der Waals surface area contributed by atoms with Crippen molar-refractivity contribution < 1.29 is 5.11 Å². The van der Waals surface area contributed by atoms with Crippen molar-refractivity contribution >= 4 is 0 Å². The molecule has 0 unspecified atom stereocenters. The van der Waals surface area contributed by atoms with Crippen LogP contribution in [0.5, 0.6) is 0 Å². The predicted octanol–water partition coefficient (Wildman–Crippen LogP) is 1.28. The predicted molar refractivity (Wildman–Crippen MR) is 46.3 cm³/mol. The lowest BCUT2D eigenvalue weighted by Crippen LogP contribution is -2.29. The lowest BCUT2D eigenvalue weighted by atomic mass is 9.95. The van der Waals surface area contributed by atoms with Crippen molar-refractivity contribution in [2.24, 2.45) is 11.1 Å². The highest BCUT2D eigenvalue weighted by Crippen LogP contribution is 2.48. The van der Waals surface area contributed by atoms with Crippen LogP contribution in [0.25, 0.3) is 0 Å². The van der Waals surface area contributed by atoms with Crippen LogP contribution in [0.1, 0.15) is 39.0 Å². The Labute approximate surface area is 68.8 Å². The maximum atomic E-state index is 9.69. The van der Waals surface area contributed by atoms with Crippen molar-refractivity contribution in [1.82, 2.24) is 0 Å². The quantitative estimate of drug-likeness (QED) is 0.631. The van der Waals surface area contributed by atoms with Gasteiger partial charge in [0, 0.05) is 12.0 Å². The van der Waals surface area contributed by atoms with Crippen LogP contribution < -0.4 is 5.73 Å². The Bertz CT molecular complexity index is 121. The second-order valence-corrected chi connectivity index (χ2v) is 3.72. The zero-order valence-corrected chi connectivity index (χ0v) is 7.34. The van der Waals surface area contributed by atoms with Crippen molar-refractivity contribution in [3.05, 3.63) is 0 Å². The molecule has 1 saturated carbocycles. The number of nitrogens with two attached hydrogens (primary N) is 1. The number of rotatable bonds is 5. The minimum atomic E-state index is -0.132. The van der Waals surface area contributed by atoms with Gasteiger partial charge in [-0.3, -0.25) is 0 Å². The Morgan fingerprint density at radius 2 is 2.18 bits per heavy atom. The van der Waals surface area contributed by atoms with Crippen molar-refractivity contribution in [3.63, 3.8) is 0 Å². The molecule has 0 aromatic heterocycles. The summed E-state index contributed by atoms with van der Waals surface area (Å²) in [6, 6.07) is 0. The van der Waals surface area contributed by atoms with Crippen LogP contribution in [0.2, 0.25) is 0 Å². The molecule has 1 atom stereocenters. The molecule has 0 heterocycles. The van der Waals surface area contributed by atoms with E-state index in [4.69, 9.17) is 5.73 Å². The molecule has 0 aromatic rings. The topological polar surface area (TPSA) is 46.2 Å². The Morgan fingerprint density at radius 3 is 2.55 bits per heavy atom. The number of hydrogen-bond donors (Lipinski definition) is 2. The molecule has 0 amide bonds. The second-order valence-electron chi connectivity index (χ2n) is 3.72. The highest BCUT2D eigenvalue weighted by molar-refractivity contribution is 4.99. The molecule has 1 rings (SSSR count). The maximum absolute atomic E-state index is 9.69. The molecular formula is C9H19NO. The first kappa shape index (κ1) is 9.01. The molecule has 0 spiro atoms. The fourth-order valence-electron chi connectivity index (χ4n) is 1.54. The number of unbranched alkanes of at least 4 members (excludes halogenated alkanes) is 1. The van der Waals surface area contributed by atoms with Gasteiger partial charge < -0.3 is 10.8 Å². The molecule has 2 heteroatoms. The molecular weight excluding hydrogens is 138 g/mol. The van der Waals surface area contributed by atoms with Gasteiger partial charge in [0.05, 0.1) is 6.10 Å². The van der Waals surface area contributed by atoms with Crippen LogP contribution in [-0.4, -0.2) is 17.8 Å². The van der Waals surface area contributed by atoms with Crippen LogP contribution in [0.3, 0.4) is 0 Å². The zero-order valence-electron chi connectivity index (χ0n) is 7.34. The molecule has 0 saturated heterocycles. The zero-order chi connectivity index (χ0) is 8.32. The molecule has 2 nitrogen and oxygen atoms in total. The van der Waals surface area contributed by atoms with E-state index in [1.165, 1.54) is 0 Å². The van der Waals surface area contributed by atoms with E-state index in [-0.39, 0.29) is 11.5 Å².